The number of aryl methyl sites for hydroxylation is 1. The zero-order valence-corrected chi connectivity index (χ0v) is 11.9. The molecule has 1 N–H and O–H groups in total. The van der Waals surface area contributed by atoms with Crippen molar-refractivity contribution in [3.05, 3.63) is 59.0 Å². The van der Waals surface area contributed by atoms with Crippen LogP contribution in [-0.4, -0.2) is 21.1 Å². The molecule has 20 heavy (non-hydrogen) atoms. The molecule has 0 amide bonds. The first-order chi connectivity index (χ1) is 9.72. The molecule has 3 rings (SSSR count). The van der Waals surface area contributed by atoms with E-state index in [1.807, 2.05) is 41.9 Å². The summed E-state index contributed by atoms with van der Waals surface area (Å²) in [7, 11) is 0. The number of rotatable bonds is 4. The Kier molecular flexibility index (Phi) is 3.56. The number of benzene rings is 1. The predicted molar refractivity (Wildman–Crippen MR) is 81.4 cm³/mol. The summed E-state index contributed by atoms with van der Waals surface area (Å²) in [6.07, 6.45) is 4.50. The number of hydrogen-bond acceptors (Lipinski definition) is 3. The second-order valence-corrected chi connectivity index (χ2v) is 5.13. The fourth-order valence-electron chi connectivity index (χ4n) is 2.20. The van der Waals surface area contributed by atoms with Gasteiger partial charge in [0.05, 0.1) is 5.69 Å². The van der Waals surface area contributed by atoms with Gasteiger partial charge in [0.2, 0.25) is 0 Å². The molecule has 0 aliphatic carbocycles. The second kappa shape index (κ2) is 5.51. The first-order valence-electron chi connectivity index (χ1n) is 6.52. The van der Waals surface area contributed by atoms with Gasteiger partial charge in [-0.15, -0.1) is 0 Å². The third kappa shape index (κ3) is 2.75. The highest BCUT2D eigenvalue weighted by atomic mass is 35.5. The largest absolute Gasteiger partial charge is 0.368 e. The summed E-state index contributed by atoms with van der Waals surface area (Å²) in [5.41, 5.74) is 3.19. The van der Waals surface area contributed by atoms with Crippen molar-refractivity contribution in [2.75, 3.05) is 11.9 Å². The van der Waals surface area contributed by atoms with Crippen LogP contribution >= 0.6 is 11.6 Å². The average Bonchev–Trinajstić information content (AvgIpc) is 2.80. The van der Waals surface area contributed by atoms with Crippen LogP contribution in [0.15, 0.2) is 42.7 Å². The van der Waals surface area contributed by atoms with E-state index in [0.717, 1.165) is 35.0 Å². The number of hydrogen-bond donors (Lipinski definition) is 1. The Morgan fingerprint density at radius 1 is 1.30 bits per heavy atom. The highest BCUT2D eigenvalue weighted by Gasteiger charge is 2.04. The van der Waals surface area contributed by atoms with Gasteiger partial charge in [-0.3, -0.25) is 0 Å². The highest BCUT2D eigenvalue weighted by Crippen LogP contribution is 2.15. The minimum atomic E-state index is 0.772. The fraction of sp³-hybridized carbons (Fsp3) is 0.200. The molecule has 2 heterocycles. The Bertz CT molecular complexity index is 736. The van der Waals surface area contributed by atoms with Gasteiger partial charge in [0.1, 0.15) is 5.52 Å². The summed E-state index contributed by atoms with van der Waals surface area (Å²) in [6, 6.07) is 9.94. The molecule has 0 radical (unpaired) electrons. The molecule has 0 unspecified atom stereocenters. The Morgan fingerprint density at radius 3 is 3.05 bits per heavy atom. The van der Waals surface area contributed by atoms with Gasteiger partial charge in [-0.25, -0.2) is 9.50 Å². The molecule has 0 saturated heterocycles. The van der Waals surface area contributed by atoms with E-state index < -0.39 is 0 Å². The minimum absolute atomic E-state index is 0.772. The molecule has 5 heteroatoms. The van der Waals surface area contributed by atoms with E-state index >= 15 is 0 Å². The number of nitrogens with zero attached hydrogens (tertiary/aromatic N) is 3. The SMILES string of the molecule is Cc1cc2c(NCCc3cccc(Cl)c3)nccn2n1. The van der Waals surface area contributed by atoms with Gasteiger partial charge in [-0.05, 0) is 37.1 Å². The van der Waals surface area contributed by atoms with Gasteiger partial charge in [-0.1, -0.05) is 23.7 Å². The van der Waals surface area contributed by atoms with Crippen LogP contribution in [-0.2, 0) is 6.42 Å². The molecule has 3 aromatic rings. The highest BCUT2D eigenvalue weighted by molar-refractivity contribution is 6.30. The summed E-state index contributed by atoms with van der Waals surface area (Å²) in [6.45, 7) is 2.78. The van der Waals surface area contributed by atoms with Gasteiger partial charge >= 0.3 is 0 Å². The Balaban J connectivity index is 1.71. The van der Waals surface area contributed by atoms with Crippen LogP contribution in [0.25, 0.3) is 5.52 Å². The normalized spacial score (nSPS) is 10.9. The van der Waals surface area contributed by atoms with E-state index in [4.69, 9.17) is 11.6 Å². The molecular weight excluding hydrogens is 272 g/mol. The fourth-order valence-corrected chi connectivity index (χ4v) is 2.41. The molecule has 0 atom stereocenters. The van der Waals surface area contributed by atoms with Crippen LogP contribution in [0.4, 0.5) is 5.82 Å². The van der Waals surface area contributed by atoms with Crippen molar-refractivity contribution in [1.29, 1.82) is 0 Å². The standard InChI is InChI=1S/C15H15ClN4/c1-11-9-14-15(18-7-8-20(14)19-11)17-6-5-12-3-2-4-13(16)10-12/h2-4,7-10H,5-6H2,1H3,(H,17,18). The summed E-state index contributed by atoms with van der Waals surface area (Å²) in [4.78, 5) is 4.37. The molecule has 0 saturated carbocycles. The Morgan fingerprint density at radius 2 is 2.20 bits per heavy atom. The van der Waals surface area contributed by atoms with Crippen LogP contribution in [0, 0.1) is 6.92 Å². The molecule has 0 aliphatic heterocycles. The topological polar surface area (TPSA) is 42.2 Å². The molecule has 0 spiro atoms. The molecular formula is C15H15ClN4. The lowest BCUT2D eigenvalue weighted by atomic mass is 10.1. The first-order valence-corrected chi connectivity index (χ1v) is 6.89. The van der Waals surface area contributed by atoms with Crippen LogP contribution in [0.5, 0.6) is 0 Å². The molecule has 0 bridgehead atoms. The van der Waals surface area contributed by atoms with Crippen LogP contribution in [0.1, 0.15) is 11.3 Å². The molecule has 1 aromatic carbocycles. The number of anilines is 1. The van der Waals surface area contributed by atoms with Crippen molar-refractivity contribution in [3.8, 4) is 0 Å². The molecule has 2 aromatic heterocycles. The zero-order chi connectivity index (χ0) is 13.9. The summed E-state index contributed by atoms with van der Waals surface area (Å²) < 4.78 is 1.84. The average molecular weight is 287 g/mol. The van der Waals surface area contributed by atoms with Gasteiger partial charge in [0, 0.05) is 24.0 Å². The van der Waals surface area contributed by atoms with Crippen molar-refractivity contribution >= 4 is 22.9 Å². The van der Waals surface area contributed by atoms with E-state index in [2.05, 4.69) is 21.5 Å². The molecule has 4 nitrogen and oxygen atoms in total. The minimum Gasteiger partial charge on any atom is -0.368 e. The van der Waals surface area contributed by atoms with E-state index in [-0.39, 0.29) is 0 Å². The number of halogens is 1. The van der Waals surface area contributed by atoms with Crippen molar-refractivity contribution in [2.24, 2.45) is 0 Å². The van der Waals surface area contributed by atoms with Crippen LogP contribution in [0.3, 0.4) is 0 Å². The Labute approximate surface area is 122 Å². The number of aromatic nitrogens is 3. The Hall–Kier alpha value is -2.07. The van der Waals surface area contributed by atoms with E-state index in [1.165, 1.54) is 5.56 Å². The molecule has 0 fully saturated rings. The van der Waals surface area contributed by atoms with Gasteiger partial charge < -0.3 is 5.32 Å². The van der Waals surface area contributed by atoms with Gasteiger partial charge in [0.15, 0.2) is 5.82 Å². The lowest BCUT2D eigenvalue weighted by Crippen LogP contribution is -2.07. The maximum atomic E-state index is 5.98. The zero-order valence-electron chi connectivity index (χ0n) is 11.2. The monoisotopic (exact) mass is 286 g/mol. The van der Waals surface area contributed by atoms with Crippen LogP contribution < -0.4 is 5.32 Å². The molecule has 0 aliphatic rings. The second-order valence-electron chi connectivity index (χ2n) is 4.70. The summed E-state index contributed by atoms with van der Waals surface area (Å²) in [5, 5.41) is 8.50. The summed E-state index contributed by atoms with van der Waals surface area (Å²) >= 11 is 5.98. The van der Waals surface area contributed by atoms with Crippen molar-refractivity contribution in [1.82, 2.24) is 14.6 Å². The van der Waals surface area contributed by atoms with Crippen molar-refractivity contribution in [3.63, 3.8) is 0 Å². The third-order valence-electron chi connectivity index (χ3n) is 3.11. The maximum absolute atomic E-state index is 5.98. The van der Waals surface area contributed by atoms with E-state index in [1.54, 1.807) is 6.20 Å². The van der Waals surface area contributed by atoms with Gasteiger partial charge in [-0.2, -0.15) is 5.10 Å². The van der Waals surface area contributed by atoms with Crippen LogP contribution in [0.2, 0.25) is 5.02 Å². The first kappa shape index (κ1) is 12.9. The summed E-state index contributed by atoms with van der Waals surface area (Å²) in [5.74, 6) is 0.857. The smallest absolute Gasteiger partial charge is 0.152 e. The van der Waals surface area contributed by atoms with E-state index in [0.29, 0.717) is 0 Å². The number of nitrogens with one attached hydrogen (secondary N) is 1. The van der Waals surface area contributed by atoms with Crippen molar-refractivity contribution in [2.45, 2.75) is 13.3 Å². The molecule has 102 valence electrons. The van der Waals surface area contributed by atoms with Gasteiger partial charge in [0.25, 0.3) is 0 Å². The number of fused-ring (bicyclic) bond motifs is 1. The van der Waals surface area contributed by atoms with Crippen molar-refractivity contribution < 1.29 is 0 Å². The third-order valence-corrected chi connectivity index (χ3v) is 3.34. The lowest BCUT2D eigenvalue weighted by molar-refractivity contribution is 0.917. The lowest BCUT2D eigenvalue weighted by Gasteiger charge is -2.07. The van der Waals surface area contributed by atoms with E-state index in [9.17, 15) is 0 Å². The predicted octanol–water partition coefficient (Wildman–Crippen LogP) is 3.35. The quantitative estimate of drug-likeness (QED) is 0.800. The maximum Gasteiger partial charge on any atom is 0.152 e.